The third kappa shape index (κ3) is 6.12. The van der Waals surface area contributed by atoms with Gasteiger partial charge in [0.25, 0.3) is 0 Å². The Kier molecular flexibility index (Phi) is 7.88. The second-order valence-electron chi connectivity index (χ2n) is 9.32. The molecule has 3 nitrogen and oxygen atoms in total. The van der Waals surface area contributed by atoms with Gasteiger partial charge < -0.3 is 9.84 Å². The molecule has 0 spiro atoms. The van der Waals surface area contributed by atoms with Gasteiger partial charge in [0.2, 0.25) is 0 Å². The van der Waals surface area contributed by atoms with Crippen LogP contribution in [0, 0.1) is 23.2 Å². The molecule has 0 aliphatic rings. The Bertz CT molecular complexity index is 570. The van der Waals surface area contributed by atoms with Gasteiger partial charge in [-0.15, -0.1) is 0 Å². The van der Waals surface area contributed by atoms with Gasteiger partial charge in [0.1, 0.15) is 6.61 Å². The third-order valence-corrected chi connectivity index (χ3v) is 5.32. The monoisotopic (exact) mass is 362 g/mol. The van der Waals surface area contributed by atoms with E-state index < -0.39 is 11.0 Å². The molecule has 0 saturated carbocycles. The number of esters is 1. The van der Waals surface area contributed by atoms with Crippen LogP contribution in [0.25, 0.3) is 0 Å². The minimum Gasteiger partial charge on any atom is -0.460 e. The molecule has 2 atom stereocenters. The summed E-state index contributed by atoms with van der Waals surface area (Å²) in [6.45, 7) is 16.8. The smallest absolute Gasteiger partial charge is 0.312 e. The van der Waals surface area contributed by atoms with Crippen LogP contribution in [0.5, 0.6) is 0 Å². The number of ether oxygens (including phenoxy) is 1. The maximum atomic E-state index is 12.7. The number of benzene rings is 1. The molecule has 1 aromatic rings. The highest BCUT2D eigenvalue weighted by Gasteiger charge is 2.38. The predicted molar refractivity (Wildman–Crippen MR) is 108 cm³/mol. The van der Waals surface area contributed by atoms with Gasteiger partial charge in [-0.25, -0.2) is 0 Å². The van der Waals surface area contributed by atoms with E-state index in [1.165, 1.54) is 0 Å². The molecule has 0 saturated heterocycles. The molecule has 0 aliphatic carbocycles. The van der Waals surface area contributed by atoms with Gasteiger partial charge in [-0.3, -0.25) is 4.79 Å². The van der Waals surface area contributed by atoms with Gasteiger partial charge in [0.15, 0.2) is 0 Å². The van der Waals surface area contributed by atoms with Gasteiger partial charge in [0.05, 0.1) is 11.0 Å². The normalized spacial score (nSPS) is 16.6. The van der Waals surface area contributed by atoms with Crippen LogP contribution in [0.3, 0.4) is 0 Å². The number of carbonyl (C=O) groups excluding carboxylic acids is 1. The van der Waals surface area contributed by atoms with E-state index in [4.69, 9.17) is 4.74 Å². The first-order valence-electron chi connectivity index (χ1n) is 9.87. The maximum Gasteiger partial charge on any atom is 0.312 e. The summed E-state index contributed by atoms with van der Waals surface area (Å²) in [5.41, 5.74) is 0.539. The van der Waals surface area contributed by atoms with Crippen LogP contribution in [0.1, 0.15) is 79.4 Å². The Hall–Kier alpha value is -1.35. The molecule has 0 aromatic heterocycles. The van der Waals surface area contributed by atoms with Crippen LogP contribution in [-0.4, -0.2) is 11.1 Å². The van der Waals surface area contributed by atoms with E-state index in [0.29, 0.717) is 18.3 Å². The zero-order valence-corrected chi connectivity index (χ0v) is 17.9. The minimum atomic E-state index is -0.836. The highest BCUT2D eigenvalue weighted by atomic mass is 16.5. The highest BCUT2D eigenvalue weighted by molar-refractivity contribution is 5.76. The van der Waals surface area contributed by atoms with Gasteiger partial charge in [-0.1, -0.05) is 65.8 Å². The first-order chi connectivity index (χ1) is 11.9. The van der Waals surface area contributed by atoms with E-state index in [9.17, 15) is 9.90 Å². The molecule has 0 heterocycles. The molecule has 1 rings (SSSR count). The van der Waals surface area contributed by atoms with E-state index in [-0.39, 0.29) is 18.5 Å². The van der Waals surface area contributed by atoms with Crippen molar-refractivity contribution in [3.63, 3.8) is 0 Å². The van der Waals surface area contributed by atoms with Crippen molar-refractivity contribution in [1.82, 2.24) is 0 Å². The quantitative estimate of drug-likeness (QED) is 0.574. The predicted octanol–water partition coefficient (Wildman–Crippen LogP) is 5.69. The first-order valence-corrected chi connectivity index (χ1v) is 9.87. The molecule has 26 heavy (non-hydrogen) atoms. The van der Waals surface area contributed by atoms with E-state index in [1.54, 1.807) is 0 Å². The number of hydrogen-bond donors (Lipinski definition) is 1. The van der Waals surface area contributed by atoms with Crippen LogP contribution < -0.4 is 0 Å². The second kappa shape index (κ2) is 9.03. The largest absolute Gasteiger partial charge is 0.460 e. The molecule has 148 valence electrons. The summed E-state index contributed by atoms with van der Waals surface area (Å²) >= 11 is 0. The summed E-state index contributed by atoms with van der Waals surface area (Å²) in [7, 11) is 0. The van der Waals surface area contributed by atoms with E-state index >= 15 is 0 Å². The summed E-state index contributed by atoms with van der Waals surface area (Å²) < 4.78 is 5.64. The van der Waals surface area contributed by atoms with E-state index in [2.05, 4.69) is 41.5 Å². The third-order valence-electron chi connectivity index (χ3n) is 5.32. The molecule has 1 aromatic carbocycles. The van der Waals surface area contributed by atoms with Crippen molar-refractivity contribution < 1.29 is 14.6 Å². The van der Waals surface area contributed by atoms with Crippen molar-refractivity contribution in [2.24, 2.45) is 23.2 Å². The van der Waals surface area contributed by atoms with Crippen LogP contribution >= 0.6 is 0 Å². The number of rotatable bonds is 9. The summed E-state index contributed by atoms with van der Waals surface area (Å²) in [5.74, 6) is 0.959. The van der Waals surface area contributed by atoms with Gasteiger partial charge in [-0.05, 0) is 55.6 Å². The molecule has 0 radical (unpaired) electrons. The maximum absolute atomic E-state index is 12.7. The topological polar surface area (TPSA) is 46.5 Å². The Morgan fingerprint density at radius 2 is 1.46 bits per heavy atom. The Morgan fingerprint density at radius 3 is 1.88 bits per heavy atom. The lowest BCUT2D eigenvalue weighted by Crippen LogP contribution is -2.36. The fourth-order valence-electron chi connectivity index (χ4n) is 3.59. The lowest BCUT2D eigenvalue weighted by atomic mass is 9.73. The van der Waals surface area contributed by atoms with Crippen LogP contribution in [0.4, 0.5) is 0 Å². The van der Waals surface area contributed by atoms with Crippen molar-refractivity contribution in [2.45, 2.75) is 80.4 Å². The average Bonchev–Trinajstić information content (AvgIpc) is 2.50. The molecule has 0 fully saturated rings. The fraction of sp³-hybridized carbons (Fsp3) is 0.696. The molecule has 0 amide bonds. The Morgan fingerprint density at radius 1 is 0.962 bits per heavy atom. The Balaban J connectivity index is 2.77. The van der Waals surface area contributed by atoms with Gasteiger partial charge >= 0.3 is 5.97 Å². The molecule has 1 N–H and O–H groups in total. The highest BCUT2D eigenvalue weighted by Crippen LogP contribution is 2.36. The van der Waals surface area contributed by atoms with Gasteiger partial charge in [-0.2, -0.15) is 0 Å². The molecule has 3 heteroatoms. The SMILES string of the molecule is CC(C)CC(C)(O)c1ccc(COC(=O)C(C)(CC(C)C)C(C)C)cc1. The van der Waals surface area contributed by atoms with E-state index in [0.717, 1.165) is 17.5 Å². The zero-order chi connectivity index (χ0) is 20.1. The standard InChI is InChI=1S/C23H38O3/c1-16(2)13-22(7,18(5)6)21(24)26-15-19-9-11-20(12-10-19)23(8,25)14-17(3)4/h9-12,16-18,25H,13-15H2,1-8H3. The van der Waals surface area contributed by atoms with Crippen molar-refractivity contribution in [2.75, 3.05) is 0 Å². The summed E-state index contributed by atoms with van der Waals surface area (Å²) in [6, 6.07) is 7.74. The van der Waals surface area contributed by atoms with Crippen molar-refractivity contribution in [3.05, 3.63) is 35.4 Å². The van der Waals surface area contributed by atoms with Crippen LogP contribution in [0.2, 0.25) is 0 Å². The molecule has 2 unspecified atom stereocenters. The Labute approximate surface area is 160 Å². The molecular weight excluding hydrogens is 324 g/mol. The van der Waals surface area contributed by atoms with E-state index in [1.807, 2.05) is 38.1 Å². The molecule has 0 bridgehead atoms. The van der Waals surface area contributed by atoms with Crippen LogP contribution in [-0.2, 0) is 21.7 Å². The molecule has 0 aliphatic heterocycles. The van der Waals surface area contributed by atoms with Crippen molar-refractivity contribution in [1.29, 1.82) is 0 Å². The zero-order valence-electron chi connectivity index (χ0n) is 17.9. The first kappa shape index (κ1) is 22.7. The lowest BCUT2D eigenvalue weighted by molar-refractivity contribution is -0.160. The van der Waals surface area contributed by atoms with Crippen molar-refractivity contribution in [3.8, 4) is 0 Å². The minimum absolute atomic E-state index is 0.128. The summed E-state index contributed by atoms with van der Waals surface area (Å²) in [6.07, 6.45) is 1.53. The fourth-order valence-corrected chi connectivity index (χ4v) is 3.59. The number of aliphatic hydroxyl groups is 1. The number of carbonyl (C=O) groups is 1. The summed E-state index contributed by atoms with van der Waals surface area (Å²) in [5, 5.41) is 10.6. The molecular formula is C23H38O3. The summed E-state index contributed by atoms with van der Waals surface area (Å²) in [4.78, 5) is 12.7. The number of hydrogen-bond acceptors (Lipinski definition) is 3. The van der Waals surface area contributed by atoms with Crippen LogP contribution in [0.15, 0.2) is 24.3 Å². The second-order valence-corrected chi connectivity index (χ2v) is 9.32. The van der Waals surface area contributed by atoms with Gasteiger partial charge in [0, 0.05) is 0 Å². The lowest BCUT2D eigenvalue weighted by Gasteiger charge is -2.33. The average molecular weight is 363 g/mol. The van der Waals surface area contributed by atoms with Crippen molar-refractivity contribution >= 4 is 5.97 Å².